The highest BCUT2D eigenvalue weighted by Gasteiger charge is 2.10. The Kier molecular flexibility index (Phi) is 2.19. The van der Waals surface area contributed by atoms with Gasteiger partial charge in [0.15, 0.2) is 0 Å². The fourth-order valence-electron chi connectivity index (χ4n) is 2.04. The van der Waals surface area contributed by atoms with Crippen LogP contribution in [-0.4, -0.2) is 14.5 Å². The second-order valence-corrected chi connectivity index (χ2v) is 4.15. The minimum Gasteiger partial charge on any atom is -0.353 e. The van der Waals surface area contributed by atoms with Gasteiger partial charge in [-0.25, -0.2) is 9.36 Å². The van der Waals surface area contributed by atoms with E-state index < -0.39 is 5.69 Å². The Bertz CT molecular complexity index is 825. The van der Waals surface area contributed by atoms with Crippen molar-refractivity contribution in [3.63, 3.8) is 0 Å². The van der Waals surface area contributed by atoms with Gasteiger partial charge in [-0.2, -0.15) is 0 Å². The van der Waals surface area contributed by atoms with E-state index in [1.54, 1.807) is 30.3 Å². The van der Waals surface area contributed by atoms with Crippen LogP contribution in [0.4, 0.5) is 0 Å². The number of aromatic amines is 2. The van der Waals surface area contributed by atoms with Crippen molar-refractivity contribution in [3.8, 4) is 5.69 Å². The largest absolute Gasteiger partial charge is 0.353 e. The zero-order valence-corrected chi connectivity index (χ0v) is 9.73. The number of nitrogens with zero attached hydrogens (tertiary/aromatic N) is 1. The van der Waals surface area contributed by atoms with E-state index in [1.807, 2.05) is 13.0 Å². The van der Waals surface area contributed by atoms with Crippen molar-refractivity contribution in [2.24, 2.45) is 0 Å². The number of nitrogens with one attached hydrogen (secondary N) is 2. The Labute approximate surface area is 102 Å². The summed E-state index contributed by atoms with van der Waals surface area (Å²) in [7, 11) is 0. The Morgan fingerprint density at radius 1 is 1.06 bits per heavy atom. The van der Waals surface area contributed by atoms with E-state index in [-0.39, 0.29) is 5.56 Å². The molecule has 1 aromatic carbocycles. The van der Waals surface area contributed by atoms with E-state index in [4.69, 9.17) is 0 Å². The molecule has 0 saturated heterocycles. The van der Waals surface area contributed by atoms with E-state index in [2.05, 4.69) is 9.97 Å². The number of rotatable bonds is 1. The molecule has 0 bridgehead atoms. The van der Waals surface area contributed by atoms with Crippen LogP contribution in [-0.2, 0) is 0 Å². The molecule has 0 amide bonds. The van der Waals surface area contributed by atoms with Crippen LogP contribution in [0.25, 0.3) is 16.7 Å². The monoisotopic (exact) mass is 241 g/mol. The Hall–Kier alpha value is -2.56. The maximum Gasteiger partial charge on any atom is 0.333 e. The summed E-state index contributed by atoms with van der Waals surface area (Å²) >= 11 is 0. The molecule has 5 nitrogen and oxygen atoms in total. The smallest absolute Gasteiger partial charge is 0.333 e. The predicted molar refractivity (Wildman–Crippen MR) is 69.3 cm³/mol. The maximum atomic E-state index is 12.3. The van der Waals surface area contributed by atoms with E-state index in [9.17, 15) is 9.59 Å². The number of aryl methyl sites for hydroxylation is 1. The average Bonchev–Trinajstić information content (AvgIpc) is 2.71. The Morgan fingerprint density at radius 2 is 1.78 bits per heavy atom. The van der Waals surface area contributed by atoms with Gasteiger partial charge in [0.05, 0.1) is 11.2 Å². The maximum absolute atomic E-state index is 12.3. The first kappa shape index (κ1) is 10.6. The van der Waals surface area contributed by atoms with Crippen molar-refractivity contribution >= 4 is 11.0 Å². The SMILES string of the molecule is Cc1cc2[nH]c(=O)n(-c3ccccc3)c(=O)c2[nH]1. The van der Waals surface area contributed by atoms with Crippen LogP contribution >= 0.6 is 0 Å². The number of hydrogen-bond donors (Lipinski definition) is 2. The minimum atomic E-state index is -0.433. The molecule has 0 fully saturated rings. The van der Waals surface area contributed by atoms with Crippen molar-refractivity contribution in [2.75, 3.05) is 0 Å². The van der Waals surface area contributed by atoms with Crippen LogP contribution in [0.1, 0.15) is 5.69 Å². The lowest BCUT2D eigenvalue weighted by molar-refractivity contribution is 0.899. The van der Waals surface area contributed by atoms with Crippen molar-refractivity contribution < 1.29 is 0 Å². The van der Waals surface area contributed by atoms with Crippen molar-refractivity contribution in [1.29, 1.82) is 0 Å². The first-order valence-corrected chi connectivity index (χ1v) is 5.57. The summed E-state index contributed by atoms with van der Waals surface area (Å²) in [5, 5.41) is 0. The molecule has 0 atom stereocenters. The highest BCUT2D eigenvalue weighted by Crippen LogP contribution is 2.07. The third-order valence-electron chi connectivity index (χ3n) is 2.83. The summed E-state index contributed by atoms with van der Waals surface area (Å²) in [4.78, 5) is 29.9. The molecule has 0 aliphatic carbocycles. The highest BCUT2D eigenvalue weighted by molar-refractivity contribution is 5.74. The van der Waals surface area contributed by atoms with Crippen molar-refractivity contribution in [2.45, 2.75) is 6.92 Å². The van der Waals surface area contributed by atoms with Gasteiger partial charge in [0.1, 0.15) is 5.52 Å². The van der Waals surface area contributed by atoms with Crippen LogP contribution in [0.15, 0.2) is 46.0 Å². The number of fused-ring (bicyclic) bond motifs is 1. The highest BCUT2D eigenvalue weighted by atomic mass is 16.2. The molecule has 0 unspecified atom stereocenters. The molecule has 0 saturated carbocycles. The van der Waals surface area contributed by atoms with Gasteiger partial charge in [0, 0.05) is 5.69 Å². The Balaban J connectivity index is 2.44. The molecule has 2 heterocycles. The van der Waals surface area contributed by atoms with Gasteiger partial charge in [-0.1, -0.05) is 18.2 Å². The molecule has 2 aromatic heterocycles. The molecule has 0 radical (unpaired) electrons. The van der Waals surface area contributed by atoms with Gasteiger partial charge in [0.25, 0.3) is 5.56 Å². The molecule has 5 heteroatoms. The number of aromatic nitrogens is 3. The van der Waals surface area contributed by atoms with Crippen LogP contribution in [0, 0.1) is 6.92 Å². The van der Waals surface area contributed by atoms with Crippen LogP contribution in [0.2, 0.25) is 0 Å². The van der Waals surface area contributed by atoms with E-state index >= 15 is 0 Å². The summed E-state index contributed by atoms with van der Waals surface area (Å²) in [6.45, 7) is 1.84. The van der Waals surface area contributed by atoms with Gasteiger partial charge < -0.3 is 9.97 Å². The van der Waals surface area contributed by atoms with Gasteiger partial charge in [0.2, 0.25) is 0 Å². The Morgan fingerprint density at radius 3 is 2.50 bits per heavy atom. The topological polar surface area (TPSA) is 70.7 Å². The van der Waals surface area contributed by atoms with Gasteiger partial charge >= 0.3 is 5.69 Å². The van der Waals surface area contributed by atoms with Crippen LogP contribution < -0.4 is 11.2 Å². The second kappa shape index (κ2) is 3.73. The van der Waals surface area contributed by atoms with Gasteiger partial charge in [-0.15, -0.1) is 0 Å². The lowest BCUT2D eigenvalue weighted by atomic mass is 10.3. The van der Waals surface area contributed by atoms with Crippen molar-refractivity contribution in [3.05, 3.63) is 62.9 Å². The summed E-state index contributed by atoms with van der Waals surface area (Å²) in [5.74, 6) is 0. The third-order valence-corrected chi connectivity index (χ3v) is 2.83. The van der Waals surface area contributed by atoms with Crippen LogP contribution in [0.3, 0.4) is 0 Å². The fourth-order valence-corrected chi connectivity index (χ4v) is 2.04. The summed E-state index contributed by atoms with van der Waals surface area (Å²) in [6, 6.07) is 10.6. The molecule has 90 valence electrons. The predicted octanol–water partition coefficient (Wildman–Crippen LogP) is 1.32. The second-order valence-electron chi connectivity index (χ2n) is 4.15. The van der Waals surface area contributed by atoms with Crippen molar-refractivity contribution in [1.82, 2.24) is 14.5 Å². The number of H-pyrrole nitrogens is 2. The molecule has 0 aliphatic heterocycles. The minimum absolute atomic E-state index is 0.340. The molecular formula is C13H11N3O2. The van der Waals surface area contributed by atoms with E-state index in [0.717, 1.165) is 10.3 Å². The molecule has 3 rings (SSSR count). The normalized spacial score (nSPS) is 10.9. The summed E-state index contributed by atoms with van der Waals surface area (Å²) < 4.78 is 1.12. The van der Waals surface area contributed by atoms with E-state index in [1.165, 1.54) is 0 Å². The van der Waals surface area contributed by atoms with Crippen LogP contribution in [0.5, 0.6) is 0 Å². The molecule has 0 spiro atoms. The first-order valence-electron chi connectivity index (χ1n) is 5.57. The fraction of sp³-hybridized carbons (Fsp3) is 0.0769. The standard InChI is InChI=1S/C13H11N3O2/c1-8-7-10-11(14-8)12(17)16(13(18)15-10)9-5-3-2-4-6-9/h2-7,14H,1H3,(H,15,18). The molecule has 3 aromatic rings. The third kappa shape index (κ3) is 1.48. The summed E-state index contributed by atoms with van der Waals surface area (Å²) in [5.41, 5.74) is 1.57. The summed E-state index contributed by atoms with van der Waals surface area (Å²) in [6.07, 6.45) is 0. The average molecular weight is 241 g/mol. The molecule has 2 N–H and O–H groups in total. The zero-order valence-electron chi connectivity index (χ0n) is 9.73. The number of para-hydroxylation sites is 1. The number of benzene rings is 1. The molecule has 0 aliphatic rings. The van der Waals surface area contributed by atoms with E-state index in [0.29, 0.717) is 16.7 Å². The lowest BCUT2D eigenvalue weighted by Gasteiger charge is -2.03. The first-order chi connectivity index (χ1) is 8.66. The molecular weight excluding hydrogens is 230 g/mol. The quantitative estimate of drug-likeness (QED) is 0.674. The zero-order chi connectivity index (χ0) is 12.7. The van der Waals surface area contributed by atoms with Gasteiger partial charge in [-0.05, 0) is 25.1 Å². The number of hydrogen-bond acceptors (Lipinski definition) is 2. The lowest BCUT2D eigenvalue weighted by Crippen LogP contribution is -2.33. The van der Waals surface area contributed by atoms with Gasteiger partial charge in [-0.3, -0.25) is 4.79 Å². The molecule has 18 heavy (non-hydrogen) atoms.